The lowest BCUT2D eigenvalue weighted by molar-refractivity contribution is 0.341. The third-order valence-electron chi connectivity index (χ3n) is 26.2. The number of methoxy groups -OCH3 is 1. The number of hydrogen-bond acceptors (Lipinski definition) is 2. The maximum absolute atomic E-state index is 7.18. The van der Waals surface area contributed by atoms with E-state index in [0.717, 1.165) is 11.8 Å². The van der Waals surface area contributed by atoms with E-state index in [0.29, 0.717) is 0 Å². The molecule has 0 N–H and O–H groups in total. The zero-order valence-corrected chi connectivity index (χ0v) is 40.3. The summed E-state index contributed by atoms with van der Waals surface area (Å²) >= 11 is 0. The zero-order chi connectivity index (χ0) is 45.1. The summed E-state index contributed by atoms with van der Waals surface area (Å²) in [5, 5.41) is 88.2. The molecule has 0 atom stereocenters. The van der Waals surface area contributed by atoms with Gasteiger partial charge in [0.25, 0.3) is 0 Å². The smallest absolute Gasteiger partial charge is 0.187 e. The standard InChI is InChI=1S/C71H18O2Si/c1-72-11-8-6-5-7-10(11)71-68-62-56-46-34-26-18-14-12-13-16-20(18)28(34)38-32-24(16)25-17(13)21-19-15(12)23-22(14)30-36(26)44-50-40(30)41-31(23)37-27(19)35-29(21)39-33(25)43-42(32)54(48(38)56)64(68)65-55(43)49(39)57-47(35)53-45(37)51(41)59-58(50)66(60(62)52(44)46)70(71,9-74(3,4)73-2)67(59)61(53)63(57)69(65)71/h5-8H,9H2,1-4H3. The Bertz CT molecular complexity index is 7290. The lowest BCUT2D eigenvalue weighted by Crippen LogP contribution is -2.56. The first-order valence-electron chi connectivity index (χ1n) is 27.5. The van der Waals surface area contributed by atoms with E-state index in [1.807, 2.05) is 7.11 Å². The third-order valence-corrected chi connectivity index (χ3v) is 28.7. The third kappa shape index (κ3) is 1.62. The fourth-order valence-electron chi connectivity index (χ4n) is 25.9. The van der Waals surface area contributed by atoms with Crippen LogP contribution in [0.5, 0.6) is 5.75 Å². The van der Waals surface area contributed by atoms with Gasteiger partial charge in [0.05, 0.1) is 12.5 Å². The summed E-state index contributed by atoms with van der Waals surface area (Å²) in [5.41, 5.74) is 7.04. The van der Waals surface area contributed by atoms with Crippen LogP contribution < -0.4 is 4.74 Å². The molecule has 0 amide bonds. The molecule has 33 rings (SSSR count). The highest BCUT2D eigenvalue weighted by molar-refractivity contribution is 6.82. The molecule has 0 fully saturated rings. The number of rotatable bonds is 5. The summed E-state index contributed by atoms with van der Waals surface area (Å²) in [5.74, 6) is 1.04. The van der Waals surface area contributed by atoms with E-state index in [1.165, 1.54) is 5.56 Å². The zero-order valence-electron chi connectivity index (χ0n) is 39.3. The van der Waals surface area contributed by atoms with E-state index >= 15 is 0 Å². The van der Waals surface area contributed by atoms with Crippen molar-refractivity contribution in [3.63, 3.8) is 0 Å². The van der Waals surface area contributed by atoms with Crippen LogP contribution in [0.3, 0.4) is 0 Å². The molecule has 4 aliphatic rings. The molecule has 0 unspecified atom stereocenters. The molecule has 74 heavy (non-hydrogen) atoms. The average Bonchev–Trinajstić information content (AvgIpc) is 2.53. The van der Waals surface area contributed by atoms with Crippen molar-refractivity contribution < 1.29 is 9.16 Å². The van der Waals surface area contributed by atoms with E-state index in [2.05, 4.69) is 44.5 Å². The SMILES string of the molecule is COc1ccccc1C12c3c4c5c6c7c8c(c9c%10c1c1c3c3c%11c4c4c5c5c7c7c%12c8c8c9c9c%10c%10c1c1c3c3c%11c%11c4c4c5c7c5c7c%12c8c8c9c9c%10c1c1c3c3c%11c4c5c4c7c8c9c1c34)C62C[Si](C)(C)OC. The molecule has 0 aromatic heterocycles. The van der Waals surface area contributed by atoms with Gasteiger partial charge in [-0.25, -0.2) is 0 Å². The molecule has 0 spiro atoms. The van der Waals surface area contributed by atoms with Crippen molar-refractivity contribution in [1.29, 1.82) is 0 Å². The van der Waals surface area contributed by atoms with Crippen molar-refractivity contribution in [1.82, 2.24) is 0 Å². The van der Waals surface area contributed by atoms with Gasteiger partial charge in [-0.2, -0.15) is 0 Å². The van der Waals surface area contributed by atoms with Crippen LogP contribution in [0.4, 0.5) is 0 Å². The first-order chi connectivity index (χ1) is 36.6. The van der Waals surface area contributed by atoms with Gasteiger partial charge in [0, 0.05) is 18.1 Å². The van der Waals surface area contributed by atoms with Crippen molar-refractivity contribution in [2.24, 2.45) is 0 Å². The summed E-state index contributed by atoms with van der Waals surface area (Å²) in [6.07, 6.45) is 0. The molecule has 0 saturated carbocycles. The molecule has 29 aromatic carbocycles. The van der Waals surface area contributed by atoms with Gasteiger partial charge in [-0.05, 0) is 338 Å². The lowest BCUT2D eigenvalue weighted by atomic mass is 9.47. The maximum atomic E-state index is 7.18. The summed E-state index contributed by atoms with van der Waals surface area (Å²) in [6.45, 7) is 5.16. The summed E-state index contributed by atoms with van der Waals surface area (Å²) in [4.78, 5) is 0. The second-order valence-electron chi connectivity index (χ2n) is 27.2. The van der Waals surface area contributed by atoms with Gasteiger partial charge in [0.2, 0.25) is 0 Å². The van der Waals surface area contributed by atoms with Gasteiger partial charge >= 0.3 is 0 Å². The lowest BCUT2D eigenvalue weighted by Gasteiger charge is -2.56. The average molecular weight is 931 g/mol. The van der Waals surface area contributed by atoms with Crippen LogP contribution in [0.25, 0.3) is 291 Å². The monoisotopic (exact) mass is 930 g/mol. The van der Waals surface area contributed by atoms with Crippen molar-refractivity contribution in [2.75, 3.05) is 14.2 Å². The molecule has 29 aromatic rings. The fourth-order valence-corrected chi connectivity index (χ4v) is 27.9. The topological polar surface area (TPSA) is 18.5 Å². The van der Waals surface area contributed by atoms with Crippen LogP contribution in [-0.2, 0) is 15.3 Å². The van der Waals surface area contributed by atoms with Crippen LogP contribution in [0, 0.1) is 0 Å². The van der Waals surface area contributed by atoms with Crippen molar-refractivity contribution in [2.45, 2.75) is 30.0 Å². The van der Waals surface area contributed by atoms with Gasteiger partial charge in [0.1, 0.15) is 5.75 Å². The summed E-state index contributed by atoms with van der Waals surface area (Å²) in [7, 11) is 1.54. The highest BCUT2D eigenvalue weighted by Gasteiger charge is 2.72. The van der Waals surface area contributed by atoms with Gasteiger partial charge in [0.15, 0.2) is 8.32 Å². The maximum Gasteiger partial charge on any atom is 0.187 e. The van der Waals surface area contributed by atoms with Crippen molar-refractivity contribution in [3.8, 4) is 5.75 Å². The van der Waals surface area contributed by atoms with E-state index < -0.39 is 19.1 Å². The molecule has 2 nitrogen and oxygen atoms in total. The highest BCUT2D eigenvalue weighted by Crippen LogP contribution is 2.86. The van der Waals surface area contributed by atoms with Crippen LogP contribution in [0.2, 0.25) is 19.1 Å². The van der Waals surface area contributed by atoms with Crippen LogP contribution in [-0.4, -0.2) is 22.5 Å². The van der Waals surface area contributed by atoms with E-state index in [4.69, 9.17) is 9.16 Å². The Morgan fingerprint density at radius 1 is 0.284 bits per heavy atom. The van der Waals surface area contributed by atoms with Crippen LogP contribution >= 0.6 is 0 Å². The Balaban J connectivity index is 1.18. The molecular formula is C71H18O2Si. The minimum Gasteiger partial charge on any atom is -0.496 e. The highest BCUT2D eigenvalue weighted by atomic mass is 28.4. The number of para-hydroxylation sites is 1. The van der Waals surface area contributed by atoms with Crippen molar-refractivity contribution in [3.05, 3.63) is 52.1 Å². The Morgan fingerprint density at radius 2 is 0.486 bits per heavy atom. The van der Waals surface area contributed by atoms with Crippen molar-refractivity contribution >= 4 is 299 Å². The first kappa shape index (κ1) is 29.4. The van der Waals surface area contributed by atoms with Gasteiger partial charge in [-0.15, -0.1) is 0 Å². The molecule has 0 aliphatic heterocycles. The predicted molar refractivity (Wildman–Crippen MR) is 315 cm³/mol. The van der Waals surface area contributed by atoms with Gasteiger partial charge in [-0.3, -0.25) is 0 Å². The van der Waals surface area contributed by atoms with E-state index in [-0.39, 0.29) is 0 Å². The molecule has 3 heteroatoms. The minimum atomic E-state index is -2.51. The molecule has 0 bridgehead atoms. The van der Waals surface area contributed by atoms with Gasteiger partial charge < -0.3 is 9.16 Å². The Kier molecular flexibility index (Phi) is 2.69. The number of hydrogen-bond donors (Lipinski definition) is 0. The largest absolute Gasteiger partial charge is 0.496 e. The van der Waals surface area contributed by atoms with E-state index in [1.54, 1.807) is 313 Å². The van der Waals surface area contributed by atoms with Crippen LogP contribution in [0.1, 0.15) is 27.8 Å². The second-order valence-corrected chi connectivity index (χ2v) is 31.5. The summed E-state index contributed by atoms with van der Waals surface area (Å²) < 4.78 is 14.2. The molecule has 318 valence electrons. The molecule has 0 radical (unpaired) electrons. The molecule has 4 aliphatic carbocycles. The Morgan fingerprint density at radius 3 is 0.703 bits per heavy atom. The van der Waals surface area contributed by atoms with E-state index in [9.17, 15) is 0 Å². The number of benzene rings is 19. The molecule has 0 saturated heterocycles. The predicted octanol–water partition coefficient (Wildman–Crippen LogP) is 19.2. The normalized spacial score (nSPS) is 21.5. The summed E-state index contributed by atoms with van der Waals surface area (Å²) in [6, 6.07) is 10.6. The molecular weight excluding hydrogens is 913 g/mol. The minimum absolute atomic E-state index is 0.460. The fraction of sp³-hybridized carbons (Fsp3) is 0.0986. The Labute approximate surface area is 408 Å². The van der Waals surface area contributed by atoms with Gasteiger partial charge in [-0.1, -0.05) is 18.2 Å². The second kappa shape index (κ2) is 6.77. The quantitative estimate of drug-likeness (QED) is 0.126. The first-order valence-corrected chi connectivity index (χ1v) is 30.6. The molecule has 0 heterocycles. The number of ether oxygens (including phenoxy) is 1. The Hall–Kier alpha value is -8.34. The van der Waals surface area contributed by atoms with Crippen LogP contribution in [0.15, 0.2) is 24.3 Å².